The molecule has 0 bridgehead atoms. The van der Waals surface area contributed by atoms with E-state index in [0.717, 1.165) is 6.26 Å². The van der Waals surface area contributed by atoms with Crippen LogP contribution in [0.4, 0.5) is 11.4 Å². The first-order valence-corrected chi connectivity index (χ1v) is 10.6. The zero-order chi connectivity index (χ0) is 19.3. The van der Waals surface area contributed by atoms with Crippen LogP contribution in [0.1, 0.15) is 18.4 Å². The molecule has 0 aliphatic carbocycles. The molecular weight excluding hydrogens is 395 g/mol. The quantitative estimate of drug-likeness (QED) is 0.725. The minimum Gasteiger partial charge on any atom is -0.326 e. The lowest BCUT2D eigenvalue weighted by Gasteiger charge is -2.24. The summed E-state index contributed by atoms with van der Waals surface area (Å²) in [4.78, 5) is 12.1. The average Bonchev–Trinajstić information content (AvgIpc) is 2.53. The minimum absolute atomic E-state index is 0.179. The largest absolute Gasteiger partial charge is 0.326 e. The standard InChI is InChI=1S/C18H20Cl2N2O3S/c1-13-16(20)8-4-9-17(13)22(26(2,24)25)11-5-10-18(23)21-15-7-3-6-14(19)12-15/h3-4,6-9,12H,5,10-11H2,1-2H3,(H,21,23). The van der Waals surface area contributed by atoms with Gasteiger partial charge in [-0.25, -0.2) is 8.42 Å². The van der Waals surface area contributed by atoms with Gasteiger partial charge in [0.2, 0.25) is 15.9 Å². The molecule has 8 heteroatoms. The number of hydrogen-bond acceptors (Lipinski definition) is 3. The van der Waals surface area contributed by atoms with Gasteiger partial charge in [0, 0.05) is 28.7 Å². The van der Waals surface area contributed by atoms with Gasteiger partial charge in [0.1, 0.15) is 0 Å². The molecule has 2 aromatic rings. The second-order valence-corrected chi connectivity index (χ2v) is 8.63. The van der Waals surface area contributed by atoms with Crippen LogP contribution in [0.5, 0.6) is 0 Å². The van der Waals surface area contributed by atoms with E-state index in [1.165, 1.54) is 4.31 Å². The number of benzene rings is 2. The van der Waals surface area contributed by atoms with Crippen LogP contribution < -0.4 is 9.62 Å². The van der Waals surface area contributed by atoms with E-state index in [1.807, 2.05) is 0 Å². The van der Waals surface area contributed by atoms with E-state index in [9.17, 15) is 13.2 Å². The third kappa shape index (κ3) is 5.62. The molecule has 1 N–H and O–H groups in total. The Morgan fingerprint density at radius 2 is 1.85 bits per heavy atom. The maximum Gasteiger partial charge on any atom is 0.232 e. The zero-order valence-corrected chi connectivity index (χ0v) is 16.8. The lowest BCUT2D eigenvalue weighted by atomic mass is 10.2. The first-order chi connectivity index (χ1) is 12.2. The number of carbonyl (C=O) groups excluding carboxylic acids is 1. The van der Waals surface area contributed by atoms with Crippen LogP contribution in [0.2, 0.25) is 10.0 Å². The van der Waals surface area contributed by atoms with Crippen LogP contribution in [0, 0.1) is 6.92 Å². The fourth-order valence-electron chi connectivity index (χ4n) is 2.50. The molecule has 0 aromatic heterocycles. The molecular formula is C18H20Cl2N2O3S. The van der Waals surface area contributed by atoms with Crippen molar-refractivity contribution in [2.75, 3.05) is 22.4 Å². The Morgan fingerprint density at radius 3 is 2.50 bits per heavy atom. The van der Waals surface area contributed by atoms with Crippen LogP contribution in [-0.4, -0.2) is 27.1 Å². The predicted molar refractivity (Wildman–Crippen MR) is 108 cm³/mol. The number of sulfonamides is 1. The highest BCUT2D eigenvalue weighted by atomic mass is 35.5. The number of amides is 1. The van der Waals surface area contributed by atoms with E-state index in [0.29, 0.717) is 33.4 Å². The Bertz CT molecular complexity index is 901. The molecule has 5 nitrogen and oxygen atoms in total. The van der Waals surface area contributed by atoms with E-state index in [4.69, 9.17) is 23.2 Å². The van der Waals surface area contributed by atoms with Gasteiger partial charge in [0.05, 0.1) is 11.9 Å². The SMILES string of the molecule is Cc1c(Cl)cccc1N(CCCC(=O)Nc1cccc(Cl)c1)S(C)(=O)=O. The topological polar surface area (TPSA) is 66.5 Å². The van der Waals surface area contributed by atoms with E-state index in [2.05, 4.69) is 5.32 Å². The Kier molecular flexibility index (Phi) is 6.92. The molecule has 140 valence electrons. The number of nitrogens with one attached hydrogen (secondary N) is 1. The highest BCUT2D eigenvalue weighted by Gasteiger charge is 2.20. The summed E-state index contributed by atoms with van der Waals surface area (Å²) in [7, 11) is -3.49. The monoisotopic (exact) mass is 414 g/mol. The van der Waals surface area contributed by atoms with Crippen LogP contribution in [0.25, 0.3) is 0 Å². The van der Waals surface area contributed by atoms with Crippen molar-refractivity contribution in [3.05, 3.63) is 58.1 Å². The summed E-state index contributed by atoms with van der Waals surface area (Å²) in [5.74, 6) is -0.205. The van der Waals surface area contributed by atoms with Gasteiger partial charge in [-0.15, -0.1) is 0 Å². The van der Waals surface area contributed by atoms with Crippen molar-refractivity contribution in [3.8, 4) is 0 Å². The zero-order valence-electron chi connectivity index (χ0n) is 14.5. The number of anilines is 2. The van der Waals surface area contributed by atoms with Crippen LogP contribution in [0.15, 0.2) is 42.5 Å². The molecule has 0 saturated carbocycles. The van der Waals surface area contributed by atoms with Gasteiger partial charge in [-0.2, -0.15) is 0 Å². The molecule has 0 atom stereocenters. The molecule has 0 spiro atoms. The van der Waals surface area contributed by atoms with Crippen molar-refractivity contribution in [1.82, 2.24) is 0 Å². The third-order valence-electron chi connectivity index (χ3n) is 3.78. The fraction of sp³-hybridized carbons (Fsp3) is 0.278. The highest BCUT2D eigenvalue weighted by Crippen LogP contribution is 2.28. The number of nitrogens with zero attached hydrogens (tertiary/aromatic N) is 1. The third-order valence-corrected chi connectivity index (χ3v) is 5.61. The van der Waals surface area contributed by atoms with Crippen molar-refractivity contribution < 1.29 is 13.2 Å². The highest BCUT2D eigenvalue weighted by molar-refractivity contribution is 7.92. The Balaban J connectivity index is 2.02. The van der Waals surface area contributed by atoms with E-state index >= 15 is 0 Å². The number of rotatable bonds is 7. The normalized spacial score (nSPS) is 11.2. The van der Waals surface area contributed by atoms with Crippen LogP contribution in [-0.2, 0) is 14.8 Å². The van der Waals surface area contributed by atoms with Crippen molar-refractivity contribution in [1.29, 1.82) is 0 Å². The van der Waals surface area contributed by atoms with Crippen LogP contribution in [0.3, 0.4) is 0 Å². The summed E-state index contributed by atoms with van der Waals surface area (Å²) in [5.41, 5.74) is 1.81. The molecule has 0 unspecified atom stereocenters. The fourth-order valence-corrected chi connectivity index (χ4v) is 3.88. The lowest BCUT2D eigenvalue weighted by molar-refractivity contribution is -0.116. The molecule has 0 fully saturated rings. The van der Waals surface area contributed by atoms with Crippen LogP contribution >= 0.6 is 23.2 Å². The summed E-state index contributed by atoms with van der Waals surface area (Å²) in [6, 6.07) is 12.0. The molecule has 0 aliphatic heterocycles. The van der Waals surface area contributed by atoms with E-state index in [1.54, 1.807) is 49.4 Å². The smallest absolute Gasteiger partial charge is 0.232 e. The second-order valence-electron chi connectivity index (χ2n) is 5.88. The molecule has 2 rings (SSSR count). The predicted octanol–water partition coefficient (Wildman–Crippen LogP) is 4.49. The van der Waals surface area contributed by atoms with Gasteiger partial charge in [-0.05, 0) is 49.2 Å². The Hall–Kier alpha value is -1.76. The molecule has 0 heterocycles. The summed E-state index contributed by atoms with van der Waals surface area (Å²) >= 11 is 12.0. The van der Waals surface area contributed by atoms with E-state index < -0.39 is 10.0 Å². The first-order valence-electron chi connectivity index (χ1n) is 7.97. The molecule has 26 heavy (non-hydrogen) atoms. The van der Waals surface area contributed by atoms with Gasteiger partial charge < -0.3 is 5.32 Å². The van der Waals surface area contributed by atoms with Crippen molar-refractivity contribution in [2.45, 2.75) is 19.8 Å². The van der Waals surface area contributed by atoms with Gasteiger partial charge in [0.25, 0.3) is 0 Å². The molecule has 0 aliphatic rings. The minimum atomic E-state index is -3.49. The summed E-state index contributed by atoms with van der Waals surface area (Å²) in [6.45, 7) is 1.95. The van der Waals surface area contributed by atoms with Gasteiger partial charge >= 0.3 is 0 Å². The van der Waals surface area contributed by atoms with Crippen molar-refractivity contribution in [3.63, 3.8) is 0 Å². The maximum atomic E-state index is 12.2. The van der Waals surface area contributed by atoms with Crippen molar-refractivity contribution >= 4 is 50.5 Å². The number of halogens is 2. The summed E-state index contributed by atoms with van der Waals surface area (Å²) in [5, 5.41) is 3.77. The summed E-state index contributed by atoms with van der Waals surface area (Å²) in [6.07, 6.45) is 1.68. The molecule has 1 amide bonds. The first kappa shape index (κ1) is 20.6. The second kappa shape index (κ2) is 8.75. The Labute approximate surface area is 164 Å². The number of carbonyl (C=O) groups is 1. The average molecular weight is 415 g/mol. The van der Waals surface area contributed by atoms with Crippen molar-refractivity contribution in [2.24, 2.45) is 0 Å². The summed E-state index contributed by atoms with van der Waals surface area (Å²) < 4.78 is 25.6. The maximum absolute atomic E-state index is 12.2. The van der Waals surface area contributed by atoms with E-state index in [-0.39, 0.29) is 18.9 Å². The van der Waals surface area contributed by atoms with Gasteiger partial charge in [-0.1, -0.05) is 35.3 Å². The number of hydrogen-bond donors (Lipinski definition) is 1. The van der Waals surface area contributed by atoms with Gasteiger partial charge in [-0.3, -0.25) is 9.10 Å². The molecule has 0 saturated heterocycles. The van der Waals surface area contributed by atoms with Gasteiger partial charge in [0.15, 0.2) is 0 Å². The molecule has 2 aromatic carbocycles. The lowest BCUT2D eigenvalue weighted by Crippen LogP contribution is -2.32. The molecule has 0 radical (unpaired) electrons. The Morgan fingerprint density at radius 1 is 1.15 bits per heavy atom.